The predicted molar refractivity (Wildman–Crippen MR) is 60.5 cm³/mol. The molecule has 1 fully saturated rings. The quantitative estimate of drug-likeness (QED) is 0.643. The monoisotopic (exact) mass is 199 g/mol. The minimum absolute atomic E-state index is 0.185. The largest absolute Gasteiger partial charge is 0.378 e. The van der Waals surface area contributed by atoms with Crippen LogP contribution in [-0.4, -0.2) is 36.2 Å². The van der Waals surface area contributed by atoms with Crippen molar-refractivity contribution < 1.29 is 4.74 Å². The van der Waals surface area contributed by atoms with E-state index in [0.29, 0.717) is 11.5 Å². The molecule has 0 aromatic heterocycles. The van der Waals surface area contributed by atoms with Crippen molar-refractivity contribution in [2.24, 2.45) is 5.41 Å². The fraction of sp³-hybridized carbons (Fsp3) is 1.00. The fourth-order valence-electron chi connectivity index (χ4n) is 2.06. The SMILES string of the molecule is CC(N1CCOCC1(C)C)C(C)(C)C. The first-order valence-corrected chi connectivity index (χ1v) is 5.59. The Bertz CT molecular complexity index is 193. The molecule has 2 nitrogen and oxygen atoms in total. The number of hydrogen-bond acceptors (Lipinski definition) is 2. The fourth-order valence-corrected chi connectivity index (χ4v) is 2.06. The molecule has 1 unspecified atom stereocenters. The normalized spacial score (nSPS) is 26.1. The summed E-state index contributed by atoms with van der Waals surface area (Å²) in [4.78, 5) is 2.58. The van der Waals surface area contributed by atoms with Crippen LogP contribution in [0.4, 0.5) is 0 Å². The molecule has 0 spiro atoms. The van der Waals surface area contributed by atoms with Crippen LogP contribution in [0.25, 0.3) is 0 Å². The van der Waals surface area contributed by atoms with Gasteiger partial charge in [0, 0.05) is 18.1 Å². The van der Waals surface area contributed by atoms with Gasteiger partial charge in [0.25, 0.3) is 0 Å². The van der Waals surface area contributed by atoms with Gasteiger partial charge in [-0.3, -0.25) is 4.90 Å². The van der Waals surface area contributed by atoms with E-state index in [1.165, 1.54) is 0 Å². The molecule has 0 aromatic rings. The van der Waals surface area contributed by atoms with Gasteiger partial charge in [0.2, 0.25) is 0 Å². The van der Waals surface area contributed by atoms with Crippen molar-refractivity contribution in [3.63, 3.8) is 0 Å². The lowest BCUT2D eigenvalue weighted by atomic mass is 9.84. The third kappa shape index (κ3) is 2.48. The summed E-state index contributed by atoms with van der Waals surface area (Å²) in [7, 11) is 0. The second-order valence-corrected chi connectivity index (χ2v) is 6.10. The Hall–Kier alpha value is -0.0800. The molecule has 1 aliphatic rings. The third-order valence-electron chi connectivity index (χ3n) is 3.43. The van der Waals surface area contributed by atoms with Crippen molar-refractivity contribution in [3.8, 4) is 0 Å². The average molecular weight is 199 g/mol. The predicted octanol–water partition coefficient (Wildman–Crippen LogP) is 2.53. The number of ether oxygens (including phenoxy) is 1. The molecule has 1 saturated heterocycles. The molecule has 1 rings (SSSR count). The molecular weight excluding hydrogens is 174 g/mol. The van der Waals surface area contributed by atoms with Crippen LogP contribution in [-0.2, 0) is 4.74 Å². The summed E-state index contributed by atoms with van der Waals surface area (Å²) in [5, 5.41) is 0. The van der Waals surface area contributed by atoms with Crippen molar-refractivity contribution in [2.75, 3.05) is 19.8 Å². The van der Waals surface area contributed by atoms with E-state index in [1.807, 2.05) is 0 Å². The molecule has 0 N–H and O–H groups in total. The molecule has 1 aliphatic heterocycles. The Morgan fingerprint density at radius 1 is 1.29 bits per heavy atom. The summed E-state index contributed by atoms with van der Waals surface area (Å²) in [5.41, 5.74) is 0.527. The lowest BCUT2D eigenvalue weighted by Gasteiger charge is -2.49. The zero-order valence-electron chi connectivity index (χ0n) is 10.6. The van der Waals surface area contributed by atoms with E-state index in [0.717, 1.165) is 19.8 Å². The van der Waals surface area contributed by atoms with Crippen molar-refractivity contribution in [2.45, 2.75) is 53.1 Å². The van der Waals surface area contributed by atoms with Gasteiger partial charge >= 0.3 is 0 Å². The highest BCUT2D eigenvalue weighted by atomic mass is 16.5. The van der Waals surface area contributed by atoms with E-state index >= 15 is 0 Å². The second kappa shape index (κ2) is 3.82. The van der Waals surface area contributed by atoms with Crippen molar-refractivity contribution >= 4 is 0 Å². The minimum Gasteiger partial charge on any atom is -0.378 e. The van der Waals surface area contributed by atoms with E-state index in [4.69, 9.17) is 4.74 Å². The van der Waals surface area contributed by atoms with Gasteiger partial charge in [-0.25, -0.2) is 0 Å². The lowest BCUT2D eigenvalue weighted by Crippen LogP contribution is -2.59. The molecule has 1 atom stereocenters. The molecule has 14 heavy (non-hydrogen) atoms. The highest BCUT2D eigenvalue weighted by Gasteiger charge is 2.37. The van der Waals surface area contributed by atoms with Crippen LogP contribution in [0, 0.1) is 5.41 Å². The van der Waals surface area contributed by atoms with Crippen LogP contribution in [0.5, 0.6) is 0 Å². The van der Waals surface area contributed by atoms with Gasteiger partial charge in [-0.1, -0.05) is 20.8 Å². The van der Waals surface area contributed by atoms with Crippen LogP contribution in [0.2, 0.25) is 0 Å². The third-order valence-corrected chi connectivity index (χ3v) is 3.43. The average Bonchev–Trinajstić information content (AvgIpc) is 2.00. The summed E-state index contributed by atoms with van der Waals surface area (Å²) in [5.74, 6) is 0. The molecule has 0 saturated carbocycles. The smallest absolute Gasteiger partial charge is 0.0645 e. The molecule has 2 heteroatoms. The van der Waals surface area contributed by atoms with Crippen LogP contribution >= 0.6 is 0 Å². The maximum atomic E-state index is 5.54. The summed E-state index contributed by atoms with van der Waals surface area (Å²) in [6, 6.07) is 0.599. The summed E-state index contributed by atoms with van der Waals surface area (Å²) in [6.07, 6.45) is 0. The van der Waals surface area contributed by atoms with Crippen LogP contribution < -0.4 is 0 Å². The Kier molecular flexibility index (Phi) is 3.27. The van der Waals surface area contributed by atoms with Crippen molar-refractivity contribution in [3.05, 3.63) is 0 Å². The molecule has 0 bridgehead atoms. The number of hydrogen-bond donors (Lipinski definition) is 0. The topological polar surface area (TPSA) is 12.5 Å². The molecule has 1 heterocycles. The Balaban J connectivity index is 2.74. The molecule has 0 amide bonds. The molecular formula is C12H25NO. The van der Waals surface area contributed by atoms with Crippen LogP contribution in [0.3, 0.4) is 0 Å². The van der Waals surface area contributed by atoms with Gasteiger partial charge < -0.3 is 4.74 Å². The Morgan fingerprint density at radius 2 is 1.86 bits per heavy atom. The van der Waals surface area contributed by atoms with E-state index in [2.05, 4.69) is 46.4 Å². The van der Waals surface area contributed by atoms with Crippen LogP contribution in [0.1, 0.15) is 41.5 Å². The Morgan fingerprint density at radius 3 is 2.29 bits per heavy atom. The zero-order valence-corrected chi connectivity index (χ0v) is 10.6. The van der Waals surface area contributed by atoms with Gasteiger partial charge in [0.1, 0.15) is 0 Å². The number of nitrogens with zero attached hydrogens (tertiary/aromatic N) is 1. The maximum absolute atomic E-state index is 5.54. The van der Waals surface area contributed by atoms with Gasteiger partial charge in [-0.05, 0) is 26.2 Å². The molecule has 0 radical (unpaired) electrons. The van der Waals surface area contributed by atoms with Crippen molar-refractivity contribution in [1.82, 2.24) is 4.90 Å². The first-order chi connectivity index (χ1) is 6.25. The van der Waals surface area contributed by atoms with E-state index in [9.17, 15) is 0 Å². The lowest BCUT2D eigenvalue weighted by molar-refractivity contribution is -0.0879. The Labute approximate surface area is 88.6 Å². The molecule has 84 valence electrons. The summed E-state index contributed by atoms with van der Waals surface area (Å²) in [6.45, 7) is 16.6. The van der Waals surface area contributed by atoms with E-state index in [1.54, 1.807) is 0 Å². The summed E-state index contributed by atoms with van der Waals surface area (Å²) < 4.78 is 5.54. The van der Waals surface area contributed by atoms with Gasteiger partial charge in [-0.15, -0.1) is 0 Å². The van der Waals surface area contributed by atoms with E-state index < -0.39 is 0 Å². The number of morpholine rings is 1. The maximum Gasteiger partial charge on any atom is 0.0645 e. The number of rotatable bonds is 1. The van der Waals surface area contributed by atoms with Gasteiger partial charge in [0.05, 0.1) is 13.2 Å². The molecule has 0 aromatic carbocycles. The first kappa shape index (κ1) is 12.0. The highest BCUT2D eigenvalue weighted by Crippen LogP contribution is 2.31. The van der Waals surface area contributed by atoms with Crippen LogP contribution in [0.15, 0.2) is 0 Å². The second-order valence-electron chi connectivity index (χ2n) is 6.10. The van der Waals surface area contributed by atoms with Gasteiger partial charge in [0.15, 0.2) is 0 Å². The molecule has 0 aliphatic carbocycles. The highest BCUT2D eigenvalue weighted by molar-refractivity contribution is 4.91. The first-order valence-electron chi connectivity index (χ1n) is 5.59. The standard InChI is InChI=1S/C12H25NO/c1-10(11(2,3)4)13-7-8-14-9-12(13,5)6/h10H,7-9H2,1-6H3. The van der Waals surface area contributed by atoms with Crippen molar-refractivity contribution in [1.29, 1.82) is 0 Å². The van der Waals surface area contributed by atoms with Gasteiger partial charge in [-0.2, -0.15) is 0 Å². The zero-order chi connectivity index (χ0) is 11.0. The minimum atomic E-state index is 0.185. The van der Waals surface area contributed by atoms with E-state index in [-0.39, 0.29) is 5.54 Å². The summed E-state index contributed by atoms with van der Waals surface area (Å²) >= 11 is 0.